The van der Waals surface area contributed by atoms with E-state index in [0.29, 0.717) is 39.7 Å². The van der Waals surface area contributed by atoms with Gasteiger partial charge in [0.05, 0.1) is 23.4 Å². The highest BCUT2D eigenvalue weighted by Gasteiger charge is 2.26. The number of nitrogens with zero attached hydrogens (tertiary/aromatic N) is 1. The Morgan fingerprint density at radius 1 is 0.897 bits per heavy atom. The average molecular weight is 398 g/mol. The fourth-order valence-corrected chi connectivity index (χ4v) is 3.35. The van der Waals surface area contributed by atoms with Crippen LogP contribution in [0.25, 0.3) is 21.8 Å². The van der Waals surface area contributed by atoms with E-state index >= 15 is 0 Å². The number of esters is 1. The van der Waals surface area contributed by atoms with Crippen molar-refractivity contribution in [3.63, 3.8) is 0 Å². The summed E-state index contributed by atoms with van der Waals surface area (Å²) in [6, 6.07) is 13.5. The molecule has 146 valence electrons. The first kappa shape index (κ1) is 18.7. The fourth-order valence-electron chi connectivity index (χ4n) is 3.35. The molecule has 1 aromatic heterocycles. The quantitative estimate of drug-likeness (QED) is 0.168. The lowest BCUT2D eigenvalue weighted by atomic mass is 10.0. The highest BCUT2D eigenvalue weighted by molar-refractivity contribution is 6.13. The van der Waals surface area contributed by atoms with Crippen LogP contribution in [0.1, 0.15) is 10.4 Å². The second kappa shape index (κ2) is 7.09. The fraction of sp³-hybridized carbons (Fsp3) is 0.0909. The molecule has 0 aliphatic rings. The van der Waals surface area contributed by atoms with Crippen molar-refractivity contribution in [2.75, 3.05) is 7.11 Å². The number of fused-ring (bicyclic) bond motifs is 2. The second-order valence-corrected chi connectivity index (χ2v) is 6.40. The van der Waals surface area contributed by atoms with Crippen molar-refractivity contribution in [2.24, 2.45) is 7.05 Å². The van der Waals surface area contributed by atoms with Crippen molar-refractivity contribution >= 4 is 27.8 Å². The van der Waals surface area contributed by atoms with E-state index in [-0.39, 0.29) is 5.56 Å². The van der Waals surface area contributed by atoms with E-state index in [1.807, 2.05) is 11.6 Å². The summed E-state index contributed by atoms with van der Waals surface area (Å²) in [7, 11) is 3.32. The van der Waals surface area contributed by atoms with E-state index in [9.17, 15) is 18.0 Å². The molecule has 3 aromatic carbocycles. The number of aryl methyl sites for hydroxylation is 1. The third-order valence-electron chi connectivity index (χ3n) is 4.77. The number of ether oxygens (including phenoxy) is 2. The number of para-hydroxylation sites is 1. The summed E-state index contributed by atoms with van der Waals surface area (Å²) in [6.07, 6.45) is 0. The normalized spacial score (nSPS) is 11.1. The molecule has 4 nitrogen and oxygen atoms in total. The molecule has 0 radical (unpaired) electrons. The molecule has 0 saturated heterocycles. The number of hydrogen-bond acceptors (Lipinski definition) is 3. The van der Waals surface area contributed by atoms with Gasteiger partial charge in [0.1, 0.15) is 12.8 Å². The molecule has 29 heavy (non-hydrogen) atoms. The third kappa shape index (κ3) is 3.04. The second-order valence-electron chi connectivity index (χ2n) is 6.40. The molecule has 0 unspecified atom stereocenters. The Morgan fingerprint density at radius 3 is 2.34 bits per heavy atom. The lowest BCUT2D eigenvalue weighted by molar-refractivity contribution is -0.617. The summed E-state index contributed by atoms with van der Waals surface area (Å²) in [6.45, 7) is 0. The summed E-state index contributed by atoms with van der Waals surface area (Å²) in [5, 5.41) is 0.978. The number of aromatic nitrogens is 1. The van der Waals surface area contributed by atoms with Gasteiger partial charge in [-0.1, -0.05) is 12.1 Å². The van der Waals surface area contributed by atoms with Crippen LogP contribution in [0.15, 0.2) is 54.6 Å². The molecule has 4 aromatic rings. The number of pyridine rings is 1. The topological polar surface area (TPSA) is 39.4 Å². The predicted molar refractivity (Wildman–Crippen MR) is 100 cm³/mol. The van der Waals surface area contributed by atoms with E-state index in [0.717, 1.165) is 0 Å². The molecule has 0 atom stereocenters. The van der Waals surface area contributed by atoms with Crippen molar-refractivity contribution in [1.82, 2.24) is 0 Å². The molecule has 4 rings (SSSR count). The summed E-state index contributed by atoms with van der Waals surface area (Å²) in [4.78, 5) is 13.0. The maximum atomic E-state index is 14.0. The maximum absolute atomic E-state index is 14.0. The predicted octanol–water partition coefficient (Wildman–Crippen LogP) is 4.46. The van der Waals surface area contributed by atoms with Gasteiger partial charge in [-0.3, -0.25) is 0 Å². The largest absolute Gasteiger partial charge is 0.497 e. The van der Waals surface area contributed by atoms with Gasteiger partial charge in [0.15, 0.2) is 11.6 Å². The Balaban J connectivity index is 1.99. The number of rotatable bonds is 3. The molecule has 0 aliphatic heterocycles. The van der Waals surface area contributed by atoms with Crippen LogP contribution >= 0.6 is 0 Å². The monoisotopic (exact) mass is 398 g/mol. The maximum Gasteiger partial charge on any atom is 0.345 e. The van der Waals surface area contributed by atoms with Crippen molar-refractivity contribution in [3.05, 3.63) is 77.6 Å². The molecule has 1 heterocycles. The van der Waals surface area contributed by atoms with E-state index in [2.05, 4.69) is 0 Å². The minimum Gasteiger partial charge on any atom is -0.497 e. The SMILES string of the molecule is COc1ccc2c(c1)c(C(=O)Oc1c(F)ccc(F)c1F)c1ccccc1[n+]2C. The lowest BCUT2D eigenvalue weighted by Gasteiger charge is -2.12. The summed E-state index contributed by atoms with van der Waals surface area (Å²) >= 11 is 0. The summed E-state index contributed by atoms with van der Waals surface area (Å²) in [5.74, 6) is -5.65. The summed E-state index contributed by atoms with van der Waals surface area (Å²) < 4.78 is 53.7. The molecule has 0 bridgehead atoms. The Labute approximate surface area is 163 Å². The van der Waals surface area contributed by atoms with Crippen LogP contribution in [0.5, 0.6) is 11.5 Å². The van der Waals surface area contributed by atoms with Crippen LogP contribution in [-0.2, 0) is 7.05 Å². The van der Waals surface area contributed by atoms with E-state index in [1.54, 1.807) is 42.5 Å². The highest BCUT2D eigenvalue weighted by atomic mass is 19.2. The van der Waals surface area contributed by atoms with Gasteiger partial charge in [-0.15, -0.1) is 0 Å². The van der Waals surface area contributed by atoms with Crippen LogP contribution in [0.3, 0.4) is 0 Å². The Bertz CT molecular complexity index is 1290. The first-order chi connectivity index (χ1) is 13.9. The van der Waals surface area contributed by atoms with Crippen molar-refractivity contribution in [2.45, 2.75) is 0 Å². The van der Waals surface area contributed by atoms with Crippen LogP contribution < -0.4 is 14.0 Å². The first-order valence-electron chi connectivity index (χ1n) is 8.66. The molecule has 0 aliphatic carbocycles. The number of methoxy groups -OCH3 is 1. The lowest BCUT2D eigenvalue weighted by Crippen LogP contribution is -2.31. The zero-order valence-corrected chi connectivity index (χ0v) is 15.5. The van der Waals surface area contributed by atoms with Crippen molar-refractivity contribution in [3.8, 4) is 11.5 Å². The van der Waals surface area contributed by atoms with Crippen molar-refractivity contribution < 1.29 is 32.0 Å². The van der Waals surface area contributed by atoms with Gasteiger partial charge < -0.3 is 9.47 Å². The number of halogens is 3. The van der Waals surface area contributed by atoms with E-state index in [4.69, 9.17) is 9.47 Å². The van der Waals surface area contributed by atoms with Gasteiger partial charge in [-0.25, -0.2) is 13.6 Å². The molecular weight excluding hydrogens is 383 g/mol. The highest BCUT2D eigenvalue weighted by Crippen LogP contribution is 2.30. The standard InChI is InChI=1S/C22H15F3NO3/c1-26-17-6-4-3-5-13(17)19(14-11-12(28-2)7-10-18(14)26)22(27)29-21-16(24)9-8-15(23)20(21)25/h3-11H,1-2H3/q+1. The average Bonchev–Trinajstić information content (AvgIpc) is 2.73. The van der Waals surface area contributed by atoms with E-state index < -0.39 is 29.2 Å². The van der Waals surface area contributed by atoms with Gasteiger partial charge in [-0.2, -0.15) is 8.96 Å². The number of hydrogen-bond donors (Lipinski definition) is 0. The Hall–Kier alpha value is -3.61. The number of carbonyl (C=O) groups is 1. The van der Waals surface area contributed by atoms with Gasteiger partial charge in [0.25, 0.3) is 0 Å². The van der Waals surface area contributed by atoms with Crippen LogP contribution in [0, 0.1) is 17.5 Å². The van der Waals surface area contributed by atoms with E-state index in [1.165, 1.54) is 7.11 Å². The Kier molecular flexibility index (Phi) is 4.58. The molecule has 0 spiro atoms. The minimum atomic E-state index is -1.56. The smallest absolute Gasteiger partial charge is 0.345 e. The molecule has 0 fully saturated rings. The molecule has 0 amide bonds. The molecule has 0 saturated carbocycles. The number of benzene rings is 3. The zero-order valence-electron chi connectivity index (χ0n) is 15.5. The van der Waals surface area contributed by atoms with Crippen LogP contribution in [0.2, 0.25) is 0 Å². The van der Waals surface area contributed by atoms with Gasteiger partial charge in [0.2, 0.25) is 22.6 Å². The minimum absolute atomic E-state index is 0.0932. The summed E-state index contributed by atoms with van der Waals surface area (Å²) in [5.41, 5.74) is 1.48. The van der Waals surface area contributed by atoms with Crippen LogP contribution in [-0.4, -0.2) is 13.1 Å². The number of carbonyl (C=O) groups excluding carboxylic acids is 1. The van der Waals surface area contributed by atoms with Gasteiger partial charge in [-0.05, 0) is 30.3 Å². The van der Waals surface area contributed by atoms with Gasteiger partial charge >= 0.3 is 5.97 Å². The third-order valence-corrected chi connectivity index (χ3v) is 4.77. The first-order valence-corrected chi connectivity index (χ1v) is 8.66. The Morgan fingerprint density at radius 2 is 1.59 bits per heavy atom. The van der Waals surface area contributed by atoms with Gasteiger partial charge in [0, 0.05) is 12.1 Å². The molecule has 0 N–H and O–H groups in total. The molecule has 7 heteroatoms. The van der Waals surface area contributed by atoms with Crippen LogP contribution in [0.4, 0.5) is 13.2 Å². The van der Waals surface area contributed by atoms with Crippen molar-refractivity contribution in [1.29, 1.82) is 0 Å². The molecular formula is C22H15F3NO3+. The zero-order chi connectivity index (χ0) is 20.7.